The first kappa shape index (κ1) is 28.6. The van der Waals surface area contributed by atoms with Crippen molar-refractivity contribution < 1.29 is 4.74 Å². The minimum atomic E-state index is -0.558. The van der Waals surface area contributed by atoms with Crippen LogP contribution in [0.25, 0.3) is 50.1 Å². The van der Waals surface area contributed by atoms with Crippen LogP contribution >= 0.6 is 0 Å². The Balaban J connectivity index is 1.23. The number of hydrogen-bond donors (Lipinski definition) is 1. The van der Waals surface area contributed by atoms with Crippen LogP contribution < -0.4 is 10.1 Å². The molecule has 2 aliphatic heterocycles. The van der Waals surface area contributed by atoms with Crippen LogP contribution in [0, 0.1) is 0 Å². The molecule has 7 aromatic carbocycles. The maximum absolute atomic E-state index is 6.86. The van der Waals surface area contributed by atoms with Crippen LogP contribution in [0.3, 0.4) is 0 Å². The second kappa shape index (κ2) is 11.3. The van der Waals surface area contributed by atoms with Crippen molar-refractivity contribution in [1.29, 1.82) is 0 Å². The Morgan fingerprint density at radius 3 is 2.12 bits per heavy atom. The molecule has 0 unspecified atom stereocenters. The molecule has 236 valence electrons. The zero-order valence-corrected chi connectivity index (χ0v) is 27.3. The number of para-hydroxylation sites is 1. The average molecular weight is 641 g/mol. The van der Waals surface area contributed by atoms with Gasteiger partial charge in [-0.1, -0.05) is 158 Å². The number of pyridine rings is 1. The lowest BCUT2D eigenvalue weighted by Gasteiger charge is -2.41. The number of fused-ring (bicyclic) bond motifs is 6. The lowest BCUT2D eigenvalue weighted by Crippen LogP contribution is -2.34. The minimum Gasteiger partial charge on any atom is -0.457 e. The van der Waals surface area contributed by atoms with Gasteiger partial charge in [0, 0.05) is 28.6 Å². The van der Waals surface area contributed by atoms with Gasteiger partial charge >= 0.3 is 0 Å². The van der Waals surface area contributed by atoms with E-state index >= 15 is 0 Å². The van der Waals surface area contributed by atoms with Crippen molar-refractivity contribution in [2.24, 2.45) is 0 Å². The van der Waals surface area contributed by atoms with Gasteiger partial charge in [-0.25, -0.2) is 4.98 Å². The molecule has 0 saturated carbocycles. The molecule has 10 rings (SSSR count). The van der Waals surface area contributed by atoms with Gasteiger partial charge in [0.15, 0.2) is 0 Å². The molecule has 0 atom stereocenters. The van der Waals surface area contributed by atoms with Gasteiger partial charge in [0.2, 0.25) is 0 Å². The fourth-order valence-corrected chi connectivity index (χ4v) is 8.18. The minimum absolute atomic E-state index is 0.558. The van der Waals surface area contributed by atoms with Gasteiger partial charge in [-0.15, -0.1) is 0 Å². The van der Waals surface area contributed by atoms with Crippen LogP contribution in [-0.2, 0) is 5.41 Å². The topological polar surface area (TPSA) is 34.1 Å². The van der Waals surface area contributed by atoms with E-state index in [-0.39, 0.29) is 0 Å². The number of hydrogen-bond acceptors (Lipinski definition) is 3. The molecule has 8 aromatic rings. The lowest BCUT2D eigenvalue weighted by atomic mass is 9.63. The molecule has 1 aromatic heterocycles. The Morgan fingerprint density at radius 1 is 0.580 bits per heavy atom. The summed E-state index contributed by atoms with van der Waals surface area (Å²) in [4.78, 5) is 5.39. The third-order valence-corrected chi connectivity index (χ3v) is 10.4. The summed E-state index contributed by atoms with van der Waals surface area (Å²) >= 11 is 0. The highest BCUT2D eigenvalue weighted by molar-refractivity contribution is 6.05. The van der Waals surface area contributed by atoms with Gasteiger partial charge < -0.3 is 10.1 Å². The van der Waals surface area contributed by atoms with Gasteiger partial charge in [0.1, 0.15) is 11.5 Å². The van der Waals surface area contributed by atoms with E-state index in [0.29, 0.717) is 0 Å². The first-order valence-electron chi connectivity index (χ1n) is 17.2. The van der Waals surface area contributed by atoms with Crippen LogP contribution in [0.15, 0.2) is 170 Å². The molecule has 2 aliphatic rings. The Kier molecular flexibility index (Phi) is 6.47. The third-order valence-electron chi connectivity index (χ3n) is 10.4. The number of ether oxygens (including phenoxy) is 1. The molecular formula is C47H32N2O. The molecule has 0 fully saturated rings. The molecule has 3 nitrogen and oxygen atoms in total. The summed E-state index contributed by atoms with van der Waals surface area (Å²) in [6, 6.07) is 58.7. The van der Waals surface area contributed by atoms with Crippen LogP contribution in [0.1, 0.15) is 27.8 Å². The van der Waals surface area contributed by atoms with Gasteiger partial charge in [-0.05, 0) is 56.8 Å². The summed E-state index contributed by atoms with van der Waals surface area (Å²) < 4.78 is 6.86. The second-order valence-corrected chi connectivity index (χ2v) is 13.1. The third kappa shape index (κ3) is 4.27. The highest BCUT2D eigenvalue weighted by Crippen LogP contribution is 2.56. The van der Waals surface area contributed by atoms with E-state index in [0.717, 1.165) is 68.1 Å². The molecule has 0 bridgehead atoms. The Bertz CT molecular complexity index is 2580. The van der Waals surface area contributed by atoms with Crippen molar-refractivity contribution in [3.8, 4) is 33.9 Å². The molecule has 0 saturated heterocycles. The maximum atomic E-state index is 6.86. The predicted octanol–water partition coefficient (Wildman–Crippen LogP) is 11.6. The molecule has 3 heterocycles. The monoisotopic (exact) mass is 640 g/mol. The van der Waals surface area contributed by atoms with E-state index in [9.17, 15) is 0 Å². The van der Waals surface area contributed by atoms with Gasteiger partial charge in [-0.2, -0.15) is 0 Å². The van der Waals surface area contributed by atoms with Crippen molar-refractivity contribution in [2.45, 2.75) is 5.41 Å². The summed E-state index contributed by atoms with van der Waals surface area (Å²) in [5.41, 5.74) is 11.6. The predicted molar refractivity (Wildman–Crippen MR) is 206 cm³/mol. The summed E-state index contributed by atoms with van der Waals surface area (Å²) in [5, 5.41) is 7.05. The number of rotatable bonds is 4. The van der Waals surface area contributed by atoms with Crippen LogP contribution in [-0.4, -0.2) is 11.5 Å². The van der Waals surface area contributed by atoms with Crippen LogP contribution in [0.2, 0.25) is 0 Å². The normalized spacial score (nSPS) is 13.9. The van der Waals surface area contributed by atoms with Crippen LogP contribution in [0.5, 0.6) is 11.5 Å². The molecular weight excluding hydrogens is 609 g/mol. The van der Waals surface area contributed by atoms with Gasteiger partial charge in [0.05, 0.1) is 22.3 Å². The maximum Gasteiger partial charge on any atom is 0.132 e. The van der Waals surface area contributed by atoms with E-state index < -0.39 is 5.41 Å². The number of anilines is 1. The van der Waals surface area contributed by atoms with E-state index in [4.69, 9.17) is 9.72 Å². The standard InChI is InChI=1S/C47H32N2O/c1-3-14-35(15-4-1)47(36-16-5-2-6-17-36)39-19-9-10-20-42(39)50-43-30-34(24-27-40(43)47)38-26-23-31-12-7-8-18-37(31)44(38)41-28-25-33-22-21-32-13-11-29-48-45(32)46(33)49-41/h1-28,30,48H,29H2. The molecule has 0 amide bonds. The zero-order valence-electron chi connectivity index (χ0n) is 27.3. The molecule has 50 heavy (non-hydrogen) atoms. The summed E-state index contributed by atoms with van der Waals surface area (Å²) in [6.07, 6.45) is 4.33. The van der Waals surface area contributed by atoms with Crippen molar-refractivity contribution in [2.75, 3.05) is 11.9 Å². The number of nitrogens with zero attached hydrogens (tertiary/aromatic N) is 1. The quantitative estimate of drug-likeness (QED) is 0.208. The zero-order chi connectivity index (χ0) is 33.1. The summed E-state index contributed by atoms with van der Waals surface area (Å²) in [6.45, 7) is 0.795. The molecule has 0 aliphatic carbocycles. The van der Waals surface area contributed by atoms with Gasteiger partial charge in [0.25, 0.3) is 0 Å². The average Bonchev–Trinajstić information content (AvgIpc) is 3.19. The van der Waals surface area contributed by atoms with Gasteiger partial charge in [-0.3, -0.25) is 0 Å². The lowest BCUT2D eigenvalue weighted by molar-refractivity contribution is 0.435. The highest BCUT2D eigenvalue weighted by Gasteiger charge is 2.45. The molecule has 3 heteroatoms. The van der Waals surface area contributed by atoms with E-state index in [1.165, 1.54) is 27.5 Å². The Hall–Kier alpha value is -6.45. The van der Waals surface area contributed by atoms with Crippen molar-refractivity contribution >= 4 is 33.4 Å². The Labute approximate surface area is 291 Å². The Morgan fingerprint density at radius 2 is 1.28 bits per heavy atom. The summed E-state index contributed by atoms with van der Waals surface area (Å²) in [7, 11) is 0. The fourth-order valence-electron chi connectivity index (χ4n) is 8.18. The van der Waals surface area contributed by atoms with E-state index in [1.54, 1.807) is 0 Å². The van der Waals surface area contributed by atoms with Crippen molar-refractivity contribution in [3.05, 3.63) is 198 Å². The van der Waals surface area contributed by atoms with E-state index in [2.05, 4.69) is 181 Å². The first-order valence-corrected chi connectivity index (χ1v) is 17.2. The van der Waals surface area contributed by atoms with Crippen LogP contribution in [0.4, 0.5) is 5.69 Å². The smallest absolute Gasteiger partial charge is 0.132 e. The SMILES string of the molecule is C1=Cc2ccc3ccc(-c4c(-c5ccc6c(c5)Oc5ccccc5C6(c5ccccc5)c5ccccc5)ccc5ccccc45)nc3c2NC1. The molecule has 0 spiro atoms. The first-order chi connectivity index (χ1) is 24.8. The van der Waals surface area contributed by atoms with Crippen molar-refractivity contribution in [1.82, 2.24) is 4.98 Å². The largest absolute Gasteiger partial charge is 0.457 e. The summed E-state index contributed by atoms with van der Waals surface area (Å²) in [5.74, 6) is 1.72. The second-order valence-electron chi connectivity index (χ2n) is 13.1. The highest BCUT2D eigenvalue weighted by atomic mass is 16.5. The van der Waals surface area contributed by atoms with Crippen molar-refractivity contribution in [3.63, 3.8) is 0 Å². The number of aromatic nitrogens is 1. The molecule has 0 radical (unpaired) electrons. The number of benzene rings is 7. The van der Waals surface area contributed by atoms with E-state index in [1.807, 2.05) is 0 Å². The number of nitrogens with one attached hydrogen (secondary N) is 1. The molecule has 1 N–H and O–H groups in total. The fraction of sp³-hybridized carbons (Fsp3) is 0.0426.